The zero-order valence-electron chi connectivity index (χ0n) is 9.96. The highest BCUT2D eigenvalue weighted by Gasteiger charge is 2.22. The molecule has 1 aliphatic rings. The first-order chi connectivity index (χ1) is 9.04. The molecule has 1 heterocycles. The summed E-state index contributed by atoms with van der Waals surface area (Å²) in [5.41, 5.74) is 8.84. The molecule has 0 amide bonds. The maximum atomic E-state index is 13.9. The molecule has 2 aromatic carbocycles. The van der Waals surface area contributed by atoms with Crippen molar-refractivity contribution in [2.24, 2.45) is 0 Å². The molecule has 0 fully saturated rings. The van der Waals surface area contributed by atoms with Crippen LogP contribution in [0.25, 0.3) is 0 Å². The Balaban J connectivity index is 1.97. The Labute approximate surface area is 118 Å². The number of nitrogens with two attached hydrogens (primary N) is 1. The van der Waals surface area contributed by atoms with Crippen LogP contribution in [0.4, 0.5) is 20.2 Å². The van der Waals surface area contributed by atoms with Gasteiger partial charge in [-0.1, -0.05) is 6.07 Å². The standard InChI is InChI=1S/C14H11BrF2N2/c15-11-4-13(17)14(5-12(11)16)19-6-8-1-2-10(18)3-9(8)7-19/h1-5H,6-7,18H2. The van der Waals surface area contributed by atoms with Crippen LogP contribution in [0.15, 0.2) is 34.8 Å². The summed E-state index contributed by atoms with van der Waals surface area (Å²) in [5.74, 6) is -0.902. The average Bonchev–Trinajstić information content (AvgIpc) is 2.76. The third-order valence-corrected chi connectivity index (χ3v) is 3.89. The topological polar surface area (TPSA) is 29.3 Å². The van der Waals surface area contributed by atoms with E-state index >= 15 is 0 Å². The van der Waals surface area contributed by atoms with Crippen LogP contribution in [0, 0.1) is 11.6 Å². The van der Waals surface area contributed by atoms with E-state index in [0.29, 0.717) is 18.8 Å². The molecule has 0 saturated heterocycles. The van der Waals surface area contributed by atoms with Gasteiger partial charge in [-0.05, 0) is 45.3 Å². The van der Waals surface area contributed by atoms with Crippen molar-refractivity contribution in [3.63, 3.8) is 0 Å². The summed E-state index contributed by atoms with van der Waals surface area (Å²) in [7, 11) is 0. The normalized spacial score (nSPS) is 13.7. The van der Waals surface area contributed by atoms with Crippen molar-refractivity contribution in [3.05, 3.63) is 57.6 Å². The largest absolute Gasteiger partial charge is 0.399 e. The highest BCUT2D eigenvalue weighted by Crippen LogP contribution is 2.33. The van der Waals surface area contributed by atoms with Crippen molar-refractivity contribution in [3.8, 4) is 0 Å². The number of nitrogen functional groups attached to an aromatic ring is 1. The van der Waals surface area contributed by atoms with Crippen LogP contribution in [0.3, 0.4) is 0 Å². The fraction of sp³-hybridized carbons (Fsp3) is 0.143. The van der Waals surface area contributed by atoms with Crippen LogP contribution < -0.4 is 10.6 Å². The number of benzene rings is 2. The van der Waals surface area contributed by atoms with Crippen LogP contribution in [0.2, 0.25) is 0 Å². The average molecular weight is 325 g/mol. The monoisotopic (exact) mass is 324 g/mol. The van der Waals surface area contributed by atoms with Gasteiger partial charge in [-0.25, -0.2) is 8.78 Å². The van der Waals surface area contributed by atoms with E-state index in [9.17, 15) is 8.78 Å². The zero-order chi connectivity index (χ0) is 13.6. The van der Waals surface area contributed by atoms with Gasteiger partial charge in [0.15, 0.2) is 0 Å². The lowest BCUT2D eigenvalue weighted by molar-refractivity contribution is 0.589. The Morgan fingerprint density at radius 2 is 1.74 bits per heavy atom. The minimum absolute atomic E-state index is 0.134. The zero-order valence-corrected chi connectivity index (χ0v) is 11.5. The molecule has 3 rings (SSSR count). The number of halogens is 3. The summed E-state index contributed by atoms with van der Waals surface area (Å²) in [6, 6.07) is 8.00. The van der Waals surface area contributed by atoms with Gasteiger partial charge in [0.2, 0.25) is 0 Å². The lowest BCUT2D eigenvalue weighted by Gasteiger charge is -2.18. The Morgan fingerprint density at radius 3 is 2.53 bits per heavy atom. The summed E-state index contributed by atoms with van der Waals surface area (Å²) >= 11 is 2.98. The predicted octanol–water partition coefficient (Wildman–Crippen LogP) is 3.83. The van der Waals surface area contributed by atoms with Gasteiger partial charge >= 0.3 is 0 Å². The summed E-state index contributed by atoms with van der Waals surface area (Å²) < 4.78 is 27.6. The number of fused-ring (bicyclic) bond motifs is 1. The second-order valence-corrected chi connectivity index (χ2v) is 5.46. The second-order valence-electron chi connectivity index (χ2n) is 4.60. The van der Waals surface area contributed by atoms with Gasteiger partial charge in [0.25, 0.3) is 0 Å². The van der Waals surface area contributed by atoms with E-state index in [0.717, 1.165) is 17.2 Å². The molecule has 0 radical (unpaired) electrons. The number of hydrogen-bond donors (Lipinski definition) is 1. The minimum Gasteiger partial charge on any atom is -0.399 e. The summed E-state index contributed by atoms with van der Waals surface area (Å²) in [6.45, 7) is 1.10. The van der Waals surface area contributed by atoms with Crippen molar-refractivity contribution in [1.82, 2.24) is 0 Å². The van der Waals surface area contributed by atoms with E-state index in [2.05, 4.69) is 15.9 Å². The van der Waals surface area contributed by atoms with Crippen molar-refractivity contribution < 1.29 is 8.78 Å². The molecule has 2 aromatic rings. The fourth-order valence-corrected chi connectivity index (χ4v) is 2.65. The Kier molecular flexibility index (Phi) is 2.93. The molecule has 1 aliphatic heterocycles. The van der Waals surface area contributed by atoms with Crippen molar-refractivity contribution >= 4 is 27.3 Å². The third kappa shape index (κ3) is 2.18. The van der Waals surface area contributed by atoms with Crippen molar-refractivity contribution in [2.45, 2.75) is 13.1 Å². The molecule has 2 nitrogen and oxygen atoms in total. The summed E-state index contributed by atoms with van der Waals surface area (Å²) in [4.78, 5) is 1.80. The highest BCUT2D eigenvalue weighted by atomic mass is 79.9. The number of anilines is 2. The van der Waals surface area contributed by atoms with Gasteiger partial charge in [-0.15, -0.1) is 0 Å². The smallest absolute Gasteiger partial charge is 0.147 e. The van der Waals surface area contributed by atoms with Crippen LogP contribution in [0.5, 0.6) is 0 Å². The maximum absolute atomic E-state index is 13.9. The van der Waals surface area contributed by atoms with E-state index in [-0.39, 0.29) is 10.2 Å². The van der Waals surface area contributed by atoms with Crippen molar-refractivity contribution in [2.75, 3.05) is 10.6 Å². The molecular weight excluding hydrogens is 314 g/mol. The molecule has 0 atom stereocenters. The minimum atomic E-state index is -0.466. The lowest BCUT2D eigenvalue weighted by Crippen LogP contribution is -2.16. The van der Waals surface area contributed by atoms with Crippen LogP contribution >= 0.6 is 15.9 Å². The van der Waals surface area contributed by atoms with Gasteiger partial charge in [0.05, 0.1) is 10.2 Å². The molecule has 98 valence electrons. The van der Waals surface area contributed by atoms with Crippen LogP contribution in [-0.2, 0) is 13.1 Å². The maximum Gasteiger partial charge on any atom is 0.147 e. The SMILES string of the molecule is Nc1ccc2c(c1)CN(c1cc(F)c(Br)cc1F)C2. The van der Waals surface area contributed by atoms with Gasteiger partial charge in [-0.3, -0.25) is 0 Å². The van der Waals surface area contributed by atoms with Gasteiger partial charge in [0.1, 0.15) is 11.6 Å². The molecular formula is C14H11BrF2N2. The molecule has 0 unspecified atom stereocenters. The van der Waals surface area contributed by atoms with Gasteiger partial charge < -0.3 is 10.6 Å². The molecule has 0 bridgehead atoms. The molecule has 19 heavy (non-hydrogen) atoms. The summed E-state index contributed by atoms with van der Waals surface area (Å²) in [5, 5.41) is 0. The first-order valence-corrected chi connectivity index (χ1v) is 6.60. The summed E-state index contributed by atoms with van der Waals surface area (Å²) in [6.07, 6.45) is 0. The lowest BCUT2D eigenvalue weighted by atomic mass is 10.1. The fourth-order valence-electron chi connectivity index (χ4n) is 2.34. The number of nitrogens with zero attached hydrogens (tertiary/aromatic N) is 1. The third-order valence-electron chi connectivity index (χ3n) is 3.28. The van der Waals surface area contributed by atoms with E-state index < -0.39 is 11.6 Å². The van der Waals surface area contributed by atoms with Crippen molar-refractivity contribution in [1.29, 1.82) is 0 Å². The predicted molar refractivity (Wildman–Crippen MR) is 74.8 cm³/mol. The number of rotatable bonds is 1. The van der Waals surface area contributed by atoms with Gasteiger partial charge in [-0.2, -0.15) is 0 Å². The van der Waals surface area contributed by atoms with Crippen LogP contribution in [-0.4, -0.2) is 0 Å². The molecule has 5 heteroatoms. The van der Waals surface area contributed by atoms with Crippen LogP contribution in [0.1, 0.15) is 11.1 Å². The quantitative estimate of drug-likeness (QED) is 0.638. The molecule has 2 N–H and O–H groups in total. The Bertz CT molecular complexity index is 658. The Morgan fingerprint density at radius 1 is 1.00 bits per heavy atom. The molecule has 0 aliphatic carbocycles. The van der Waals surface area contributed by atoms with Gasteiger partial charge in [0, 0.05) is 24.8 Å². The molecule has 0 spiro atoms. The first kappa shape index (κ1) is 12.4. The Hall–Kier alpha value is -1.62. The van der Waals surface area contributed by atoms with E-state index in [4.69, 9.17) is 5.73 Å². The first-order valence-electron chi connectivity index (χ1n) is 5.81. The second kappa shape index (κ2) is 4.49. The highest BCUT2D eigenvalue weighted by molar-refractivity contribution is 9.10. The number of hydrogen-bond acceptors (Lipinski definition) is 2. The van der Waals surface area contributed by atoms with E-state index in [1.165, 1.54) is 6.07 Å². The molecule has 0 saturated carbocycles. The molecule has 0 aromatic heterocycles. The van der Waals surface area contributed by atoms with E-state index in [1.54, 1.807) is 4.90 Å². The van der Waals surface area contributed by atoms with E-state index in [1.807, 2.05) is 18.2 Å².